The maximum absolute atomic E-state index is 12.9. The standard InChI is InChI=1S/C18H29FSi/c1-15(2)9-12-20-13-10-17(11-14-20)4-3-16-5-7-18(19)8-6-16/h5-8,15,17,20H,3-4,9-14H2,1-2H3/t17-,20-. The molecule has 0 unspecified atom stereocenters. The van der Waals surface area contributed by atoms with E-state index >= 15 is 0 Å². The fraction of sp³-hybridized carbons (Fsp3) is 0.667. The summed E-state index contributed by atoms with van der Waals surface area (Å²) in [7, 11) is -0.376. The molecule has 0 atom stereocenters. The van der Waals surface area contributed by atoms with E-state index in [1.54, 1.807) is 30.3 Å². The van der Waals surface area contributed by atoms with Gasteiger partial charge in [0.15, 0.2) is 0 Å². The third-order valence-electron chi connectivity index (χ3n) is 4.87. The molecule has 0 aliphatic carbocycles. The number of hydrogen-bond acceptors (Lipinski definition) is 0. The number of hydrogen-bond donors (Lipinski definition) is 0. The Morgan fingerprint density at radius 3 is 2.40 bits per heavy atom. The van der Waals surface area contributed by atoms with Crippen LogP contribution in [0.4, 0.5) is 4.39 Å². The first-order chi connectivity index (χ1) is 9.63. The first-order valence-electron chi connectivity index (χ1n) is 8.38. The fourth-order valence-electron chi connectivity index (χ4n) is 3.40. The lowest BCUT2D eigenvalue weighted by molar-refractivity contribution is 0.436. The normalized spacial score (nSPS) is 23.2. The van der Waals surface area contributed by atoms with Gasteiger partial charge in [-0.1, -0.05) is 63.4 Å². The van der Waals surface area contributed by atoms with E-state index in [4.69, 9.17) is 0 Å². The van der Waals surface area contributed by atoms with Gasteiger partial charge in [0.2, 0.25) is 0 Å². The molecule has 0 spiro atoms. The lowest BCUT2D eigenvalue weighted by atomic mass is 9.94. The van der Waals surface area contributed by atoms with Crippen LogP contribution in [-0.4, -0.2) is 8.80 Å². The van der Waals surface area contributed by atoms with Crippen molar-refractivity contribution in [2.24, 2.45) is 11.8 Å². The first-order valence-corrected chi connectivity index (χ1v) is 10.8. The van der Waals surface area contributed by atoms with Gasteiger partial charge in [0, 0.05) is 8.80 Å². The van der Waals surface area contributed by atoms with Crippen LogP contribution in [0.2, 0.25) is 18.1 Å². The second kappa shape index (κ2) is 7.97. The maximum atomic E-state index is 12.9. The van der Waals surface area contributed by atoms with Gasteiger partial charge in [-0.15, -0.1) is 0 Å². The van der Waals surface area contributed by atoms with Gasteiger partial charge < -0.3 is 0 Å². The summed E-state index contributed by atoms with van der Waals surface area (Å²) in [5, 5.41) is 0. The van der Waals surface area contributed by atoms with E-state index in [0.29, 0.717) is 0 Å². The fourth-order valence-corrected chi connectivity index (χ4v) is 7.29. The van der Waals surface area contributed by atoms with Gasteiger partial charge >= 0.3 is 0 Å². The molecule has 112 valence electrons. The molecule has 0 saturated carbocycles. The van der Waals surface area contributed by atoms with Crippen LogP contribution in [0.3, 0.4) is 0 Å². The van der Waals surface area contributed by atoms with E-state index in [9.17, 15) is 4.39 Å². The molecule has 0 aromatic heterocycles. The number of aryl methyl sites for hydroxylation is 1. The summed E-state index contributed by atoms with van der Waals surface area (Å²) in [5.41, 5.74) is 1.30. The number of rotatable bonds is 6. The van der Waals surface area contributed by atoms with Gasteiger partial charge in [0.05, 0.1) is 0 Å². The lowest BCUT2D eigenvalue weighted by Gasteiger charge is -2.28. The van der Waals surface area contributed by atoms with Gasteiger partial charge in [0.25, 0.3) is 0 Å². The molecule has 1 aliphatic heterocycles. The molecule has 20 heavy (non-hydrogen) atoms. The molecule has 1 aliphatic rings. The number of benzene rings is 1. The van der Waals surface area contributed by atoms with E-state index in [2.05, 4.69) is 13.8 Å². The highest BCUT2D eigenvalue weighted by Crippen LogP contribution is 2.31. The van der Waals surface area contributed by atoms with Crippen molar-refractivity contribution in [2.45, 2.75) is 64.1 Å². The van der Waals surface area contributed by atoms with Gasteiger partial charge in [-0.3, -0.25) is 0 Å². The predicted octanol–water partition coefficient (Wildman–Crippen LogP) is 5.44. The first kappa shape index (κ1) is 15.8. The van der Waals surface area contributed by atoms with Crippen molar-refractivity contribution in [1.29, 1.82) is 0 Å². The van der Waals surface area contributed by atoms with Crippen molar-refractivity contribution in [1.82, 2.24) is 0 Å². The highest BCUT2D eigenvalue weighted by atomic mass is 28.3. The van der Waals surface area contributed by atoms with Crippen molar-refractivity contribution >= 4 is 8.80 Å². The molecule has 1 aromatic carbocycles. The van der Waals surface area contributed by atoms with E-state index in [1.165, 1.54) is 31.2 Å². The van der Waals surface area contributed by atoms with Crippen LogP contribution < -0.4 is 0 Å². The van der Waals surface area contributed by atoms with E-state index in [-0.39, 0.29) is 14.6 Å². The van der Waals surface area contributed by atoms with Gasteiger partial charge in [0.1, 0.15) is 5.82 Å². The van der Waals surface area contributed by atoms with Crippen LogP contribution >= 0.6 is 0 Å². The summed E-state index contributed by atoms with van der Waals surface area (Å²) in [4.78, 5) is 0. The zero-order valence-electron chi connectivity index (χ0n) is 13.1. The third-order valence-corrected chi connectivity index (χ3v) is 8.32. The largest absolute Gasteiger partial charge is 0.207 e. The van der Waals surface area contributed by atoms with Crippen LogP contribution in [-0.2, 0) is 6.42 Å². The smallest absolute Gasteiger partial charge is 0.123 e. The van der Waals surface area contributed by atoms with Crippen LogP contribution in [0.15, 0.2) is 24.3 Å². The molecule has 2 heteroatoms. The van der Waals surface area contributed by atoms with Crippen LogP contribution in [0, 0.1) is 17.7 Å². The third kappa shape index (κ3) is 5.39. The van der Waals surface area contributed by atoms with E-state index in [1.807, 2.05) is 12.1 Å². The molecule has 1 fully saturated rings. The molecular weight excluding hydrogens is 263 g/mol. The van der Waals surface area contributed by atoms with Crippen molar-refractivity contribution in [3.05, 3.63) is 35.6 Å². The zero-order valence-corrected chi connectivity index (χ0v) is 14.2. The maximum Gasteiger partial charge on any atom is 0.123 e. The topological polar surface area (TPSA) is 0 Å². The van der Waals surface area contributed by atoms with Crippen molar-refractivity contribution in [3.63, 3.8) is 0 Å². The average Bonchev–Trinajstić information content (AvgIpc) is 2.45. The van der Waals surface area contributed by atoms with Gasteiger partial charge in [-0.05, 0) is 42.4 Å². The van der Waals surface area contributed by atoms with Crippen molar-refractivity contribution < 1.29 is 4.39 Å². The summed E-state index contributed by atoms with van der Waals surface area (Å²) in [6, 6.07) is 11.8. The summed E-state index contributed by atoms with van der Waals surface area (Å²) < 4.78 is 12.9. The summed E-state index contributed by atoms with van der Waals surface area (Å²) in [5.74, 6) is 1.70. The zero-order chi connectivity index (χ0) is 14.4. The number of halogens is 1. The Kier molecular flexibility index (Phi) is 6.27. The Balaban J connectivity index is 1.65. The average molecular weight is 293 g/mol. The SMILES string of the molecule is CC(C)CC[Si@H]1CC[C@H](CCc2ccc(F)cc2)CC1. The molecule has 1 heterocycles. The quantitative estimate of drug-likeness (QED) is 0.612. The van der Waals surface area contributed by atoms with Crippen LogP contribution in [0.5, 0.6) is 0 Å². The molecule has 0 amide bonds. The van der Waals surface area contributed by atoms with Gasteiger partial charge in [-0.2, -0.15) is 0 Å². The minimum atomic E-state index is -0.376. The summed E-state index contributed by atoms with van der Waals surface area (Å²) in [6.07, 6.45) is 6.82. The summed E-state index contributed by atoms with van der Waals surface area (Å²) in [6.45, 7) is 4.70. The molecule has 1 saturated heterocycles. The molecule has 2 rings (SSSR count). The van der Waals surface area contributed by atoms with Crippen LogP contribution in [0.25, 0.3) is 0 Å². The highest BCUT2D eigenvalue weighted by Gasteiger charge is 2.21. The summed E-state index contributed by atoms with van der Waals surface area (Å²) >= 11 is 0. The monoisotopic (exact) mass is 292 g/mol. The Morgan fingerprint density at radius 2 is 1.80 bits per heavy atom. The van der Waals surface area contributed by atoms with E-state index < -0.39 is 0 Å². The second-order valence-corrected chi connectivity index (χ2v) is 10.5. The van der Waals surface area contributed by atoms with E-state index in [0.717, 1.165) is 18.3 Å². The highest BCUT2D eigenvalue weighted by molar-refractivity contribution is 6.58. The minimum Gasteiger partial charge on any atom is -0.207 e. The van der Waals surface area contributed by atoms with Gasteiger partial charge in [-0.25, -0.2) is 4.39 Å². The predicted molar refractivity (Wildman–Crippen MR) is 88.5 cm³/mol. The molecular formula is C18H29FSi. The lowest BCUT2D eigenvalue weighted by Crippen LogP contribution is -2.22. The van der Waals surface area contributed by atoms with Crippen molar-refractivity contribution in [3.8, 4) is 0 Å². The Bertz CT molecular complexity index is 377. The molecule has 0 N–H and O–H groups in total. The second-order valence-electron chi connectivity index (χ2n) is 7.02. The Hall–Kier alpha value is -0.633. The Labute approximate surface area is 125 Å². The molecule has 1 aromatic rings. The molecule has 0 bridgehead atoms. The Morgan fingerprint density at radius 1 is 1.15 bits per heavy atom. The van der Waals surface area contributed by atoms with Crippen LogP contribution in [0.1, 0.15) is 45.1 Å². The molecule has 0 radical (unpaired) electrons. The molecule has 0 nitrogen and oxygen atoms in total. The minimum absolute atomic E-state index is 0.120. The van der Waals surface area contributed by atoms with Crippen molar-refractivity contribution in [2.75, 3.05) is 0 Å².